The molecule has 0 spiro atoms. The van der Waals surface area contributed by atoms with E-state index in [1.807, 2.05) is 25.7 Å². The Morgan fingerprint density at radius 2 is 1.71 bits per heavy atom. The lowest BCUT2D eigenvalue weighted by Gasteiger charge is -2.36. The molecule has 120 valence electrons. The van der Waals surface area contributed by atoms with Crippen LogP contribution in [0.15, 0.2) is 0 Å². The number of carbonyl (C=O) groups excluding carboxylic acids is 2. The summed E-state index contributed by atoms with van der Waals surface area (Å²) >= 11 is 0. The van der Waals surface area contributed by atoms with Crippen molar-refractivity contribution < 1.29 is 14.3 Å². The number of likely N-dealkylation sites (tertiary alicyclic amines) is 2. The summed E-state index contributed by atoms with van der Waals surface area (Å²) in [6.07, 6.45) is 3.28. The van der Waals surface area contributed by atoms with E-state index in [4.69, 9.17) is 4.74 Å². The van der Waals surface area contributed by atoms with Gasteiger partial charge in [0.05, 0.1) is 0 Å². The van der Waals surface area contributed by atoms with E-state index in [1.54, 1.807) is 0 Å². The van der Waals surface area contributed by atoms with Crippen molar-refractivity contribution in [2.24, 2.45) is 5.92 Å². The van der Waals surface area contributed by atoms with Crippen molar-refractivity contribution in [1.29, 1.82) is 0 Å². The fourth-order valence-corrected chi connectivity index (χ4v) is 2.97. The van der Waals surface area contributed by atoms with Crippen LogP contribution in [-0.2, 0) is 9.53 Å². The highest BCUT2D eigenvalue weighted by Gasteiger charge is 2.28. The third-order valence-corrected chi connectivity index (χ3v) is 4.20. The number of carbonyl (C=O) groups is 2. The zero-order valence-corrected chi connectivity index (χ0v) is 13.6. The van der Waals surface area contributed by atoms with Crippen molar-refractivity contribution in [2.45, 2.75) is 52.1 Å². The molecule has 2 heterocycles. The molecule has 0 aromatic carbocycles. The van der Waals surface area contributed by atoms with Gasteiger partial charge in [0.15, 0.2) is 0 Å². The minimum Gasteiger partial charge on any atom is -0.444 e. The molecule has 2 aliphatic rings. The van der Waals surface area contributed by atoms with E-state index in [0.29, 0.717) is 24.5 Å². The van der Waals surface area contributed by atoms with Crippen molar-refractivity contribution in [2.75, 3.05) is 32.7 Å². The second kappa shape index (κ2) is 6.77. The van der Waals surface area contributed by atoms with Crippen molar-refractivity contribution in [1.82, 2.24) is 9.80 Å². The Morgan fingerprint density at radius 1 is 1.14 bits per heavy atom. The predicted octanol–water partition coefficient (Wildman–Crippen LogP) is 2.30. The molecular weight excluding hydrogens is 268 g/mol. The Morgan fingerprint density at radius 3 is 2.24 bits per heavy atom. The molecule has 0 aromatic heterocycles. The molecule has 0 radical (unpaired) electrons. The van der Waals surface area contributed by atoms with E-state index in [0.717, 1.165) is 45.6 Å². The zero-order chi connectivity index (χ0) is 15.5. The highest BCUT2D eigenvalue weighted by atomic mass is 16.6. The summed E-state index contributed by atoms with van der Waals surface area (Å²) in [5, 5.41) is 0. The summed E-state index contributed by atoms with van der Waals surface area (Å²) in [7, 11) is 0. The minimum absolute atomic E-state index is 0.190. The Balaban J connectivity index is 1.71. The molecule has 2 fully saturated rings. The van der Waals surface area contributed by atoms with E-state index in [-0.39, 0.29) is 6.09 Å². The molecule has 1 amide bonds. The maximum atomic E-state index is 12.0. The SMILES string of the molecule is CC(C)(C)OC(=O)N1CCC(CN2CCC(=O)CC2)CC1. The van der Waals surface area contributed by atoms with E-state index in [1.165, 1.54) is 0 Å². The number of hydrogen-bond acceptors (Lipinski definition) is 4. The molecule has 0 N–H and O–H groups in total. The van der Waals surface area contributed by atoms with Gasteiger partial charge in [0.25, 0.3) is 0 Å². The first kappa shape index (κ1) is 16.3. The molecule has 2 rings (SSSR count). The molecule has 2 saturated heterocycles. The maximum absolute atomic E-state index is 12.0. The lowest BCUT2D eigenvalue weighted by atomic mass is 9.95. The number of ether oxygens (including phenoxy) is 1. The van der Waals surface area contributed by atoms with Crippen molar-refractivity contribution in [3.8, 4) is 0 Å². The number of amides is 1. The average molecular weight is 296 g/mol. The van der Waals surface area contributed by atoms with Crippen molar-refractivity contribution >= 4 is 11.9 Å². The zero-order valence-electron chi connectivity index (χ0n) is 13.6. The smallest absolute Gasteiger partial charge is 0.410 e. The molecule has 0 unspecified atom stereocenters. The van der Waals surface area contributed by atoms with Gasteiger partial charge >= 0.3 is 6.09 Å². The van der Waals surface area contributed by atoms with E-state index < -0.39 is 5.60 Å². The van der Waals surface area contributed by atoms with Crippen LogP contribution in [-0.4, -0.2) is 60.0 Å². The number of rotatable bonds is 2. The Labute approximate surface area is 127 Å². The Hall–Kier alpha value is -1.10. The first-order valence-electron chi connectivity index (χ1n) is 8.05. The largest absolute Gasteiger partial charge is 0.444 e. The minimum atomic E-state index is -0.422. The summed E-state index contributed by atoms with van der Waals surface area (Å²) in [6, 6.07) is 0. The first-order chi connectivity index (χ1) is 9.83. The first-order valence-corrected chi connectivity index (χ1v) is 8.05. The fraction of sp³-hybridized carbons (Fsp3) is 0.875. The van der Waals surface area contributed by atoms with Gasteiger partial charge in [-0.25, -0.2) is 4.79 Å². The topological polar surface area (TPSA) is 49.9 Å². The van der Waals surface area contributed by atoms with E-state index in [2.05, 4.69) is 4.90 Å². The molecule has 0 aromatic rings. The molecule has 0 saturated carbocycles. The van der Waals surface area contributed by atoms with Crippen LogP contribution in [0.2, 0.25) is 0 Å². The normalized spacial score (nSPS) is 22.4. The summed E-state index contributed by atoms with van der Waals surface area (Å²) in [5.74, 6) is 1.03. The summed E-state index contributed by atoms with van der Waals surface area (Å²) < 4.78 is 5.41. The van der Waals surface area contributed by atoms with Gasteiger partial charge in [0, 0.05) is 45.6 Å². The van der Waals surface area contributed by atoms with Gasteiger partial charge in [0.2, 0.25) is 0 Å². The summed E-state index contributed by atoms with van der Waals surface area (Å²) in [5.41, 5.74) is -0.422. The number of piperidine rings is 2. The van der Waals surface area contributed by atoms with Crippen LogP contribution in [0.5, 0.6) is 0 Å². The van der Waals surface area contributed by atoms with Gasteiger partial charge in [-0.3, -0.25) is 4.79 Å². The maximum Gasteiger partial charge on any atom is 0.410 e. The van der Waals surface area contributed by atoms with Crippen molar-refractivity contribution in [3.05, 3.63) is 0 Å². The molecule has 21 heavy (non-hydrogen) atoms. The van der Waals surface area contributed by atoms with E-state index >= 15 is 0 Å². The average Bonchev–Trinajstić information content (AvgIpc) is 2.40. The number of ketones is 1. The second-order valence-corrected chi connectivity index (χ2v) is 7.25. The van der Waals surface area contributed by atoms with Crippen LogP contribution in [0.3, 0.4) is 0 Å². The van der Waals surface area contributed by atoms with Gasteiger partial charge in [-0.05, 0) is 39.5 Å². The number of Topliss-reactive ketones (excluding diaryl/α,β-unsaturated/α-hetero) is 1. The van der Waals surface area contributed by atoms with Crippen LogP contribution < -0.4 is 0 Å². The molecule has 5 heteroatoms. The van der Waals surface area contributed by atoms with Gasteiger partial charge in [-0.1, -0.05) is 0 Å². The molecule has 2 aliphatic heterocycles. The summed E-state index contributed by atoms with van der Waals surface area (Å²) in [6.45, 7) is 10.1. The third kappa shape index (κ3) is 5.30. The Kier molecular flexibility index (Phi) is 5.25. The lowest BCUT2D eigenvalue weighted by molar-refractivity contribution is -0.121. The van der Waals surface area contributed by atoms with Crippen LogP contribution in [0.1, 0.15) is 46.5 Å². The standard InChI is InChI=1S/C16H28N2O3/c1-16(2,3)21-15(20)18-10-4-13(5-11-18)12-17-8-6-14(19)7-9-17/h13H,4-12H2,1-3H3. The van der Waals surface area contributed by atoms with Crippen LogP contribution >= 0.6 is 0 Å². The number of nitrogens with zero attached hydrogens (tertiary/aromatic N) is 2. The number of hydrogen-bond donors (Lipinski definition) is 0. The van der Waals surface area contributed by atoms with Crippen LogP contribution in [0.4, 0.5) is 4.79 Å². The molecule has 5 nitrogen and oxygen atoms in total. The Bertz CT molecular complexity index is 371. The molecule has 0 bridgehead atoms. The highest BCUT2D eigenvalue weighted by Crippen LogP contribution is 2.21. The molecule has 0 atom stereocenters. The van der Waals surface area contributed by atoms with Gasteiger partial charge in [0.1, 0.15) is 11.4 Å². The highest BCUT2D eigenvalue weighted by molar-refractivity contribution is 5.79. The summed E-state index contributed by atoms with van der Waals surface area (Å²) in [4.78, 5) is 27.5. The van der Waals surface area contributed by atoms with Crippen LogP contribution in [0.25, 0.3) is 0 Å². The molecular formula is C16H28N2O3. The van der Waals surface area contributed by atoms with Crippen LogP contribution in [0, 0.1) is 5.92 Å². The van der Waals surface area contributed by atoms with E-state index in [9.17, 15) is 9.59 Å². The lowest BCUT2D eigenvalue weighted by Crippen LogP contribution is -2.44. The fourth-order valence-electron chi connectivity index (χ4n) is 2.97. The monoisotopic (exact) mass is 296 g/mol. The van der Waals surface area contributed by atoms with Crippen molar-refractivity contribution in [3.63, 3.8) is 0 Å². The third-order valence-electron chi connectivity index (χ3n) is 4.20. The quantitative estimate of drug-likeness (QED) is 0.784. The van der Waals surface area contributed by atoms with Gasteiger partial charge < -0.3 is 14.5 Å². The second-order valence-electron chi connectivity index (χ2n) is 7.25. The van der Waals surface area contributed by atoms with Gasteiger partial charge in [-0.15, -0.1) is 0 Å². The molecule has 0 aliphatic carbocycles. The predicted molar refractivity (Wildman–Crippen MR) is 81.2 cm³/mol. The van der Waals surface area contributed by atoms with Gasteiger partial charge in [-0.2, -0.15) is 0 Å².